The molecule has 0 saturated heterocycles. The van der Waals surface area contributed by atoms with Gasteiger partial charge in [0.25, 0.3) is 0 Å². The van der Waals surface area contributed by atoms with Gasteiger partial charge in [-0.3, -0.25) is 9.59 Å². The Kier molecular flexibility index (Phi) is 6.42. The highest BCUT2D eigenvalue weighted by atomic mass is 16.2. The van der Waals surface area contributed by atoms with Gasteiger partial charge in [-0.05, 0) is 39.7 Å². The van der Waals surface area contributed by atoms with Crippen molar-refractivity contribution in [1.29, 1.82) is 0 Å². The van der Waals surface area contributed by atoms with Gasteiger partial charge in [-0.2, -0.15) is 0 Å². The molecule has 0 aliphatic heterocycles. The molecule has 1 rings (SSSR count). The first-order valence-electron chi connectivity index (χ1n) is 7.43. The fourth-order valence-corrected chi connectivity index (χ4v) is 2.38. The van der Waals surface area contributed by atoms with Crippen LogP contribution in [0.1, 0.15) is 51.9 Å². The summed E-state index contributed by atoms with van der Waals surface area (Å²) in [6.45, 7) is 1.88. The average molecular weight is 284 g/mol. The highest BCUT2D eigenvalue weighted by Crippen LogP contribution is 2.25. The number of carbonyl (C=O) groups excluding carboxylic acids is 2. The van der Waals surface area contributed by atoms with Crippen LogP contribution in [0.3, 0.4) is 0 Å². The van der Waals surface area contributed by atoms with E-state index in [0.29, 0.717) is 6.04 Å². The summed E-state index contributed by atoms with van der Waals surface area (Å²) in [7, 11) is 1.74. The Labute approximate surface area is 121 Å². The van der Waals surface area contributed by atoms with E-state index >= 15 is 0 Å². The van der Waals surface area contributed by atoms with Crippen molar-refractivity contribution < 1.29 is 9.59 Å². The van der Waals surface area contributed by atoms with Crippen LogP contribution in [0.25, 0.3) is 0 Å². The summed E-state index contributed by atoms with van der Waals surface area (Å²) in [4.78, 5) is 22.6. The predicted octanol–water partition coefficient (Wildman–Crippen LogP) is 0.00620. The molecule has 0 radical (unpaired) electrons. The minimum Gasteiger partial charge on any atom is -0.368 e. The maximum atomic E-state index is 11.6. The zero-order valence-electron chi connectivity index (χ0n) is 12.6. The van der Waals surface area contributed by atoms with Gasteiger partial charge in [0.15, 0.2) is 0 Å². The van der Waals surface area contributed by atoms with Crippen molar-refractivity contribution in [2.75, 3.05) is 7.05 Å². The molecule has 1 aliphatic carbocycles. The van der Waals surface area contributed by atoms with E-state index in [1.807, 2.05) is 6.92 Å². The summed E-state index contributed by atoms with van der Waals surface area (Å²) in [5.74, 6) is -0.598. The minimum atomic E-state index is -0.604. The Morgan fingerprint density at radius 2 is 1.90 bits per heavy atom. The van der Waals surface area contributed by atoms with Gasteiger partial charge < -0.3 is 22.1 Å². The van der Waals surface area contributed by atoms with Crippen molar-refractivity contribution in [3.8, 4) is 0 Å². The topological polar surface area (TPSA) is 110 Å². The van der Waals surface area contributed by atoms with Gasteiger partial charge in [-0.1, -0.05) is 19.3 Å². The van der Waals surface area contributed by atoms with E-state index < -0.39 is 5.54 Å². The zero-order chi connectivity index (χ0) is 15.2. The Balaban J connectivity index is 2.23. The van der Waals surface area contributed by atoms with E-state index in [4.69, 9.17) is 11.5 Å². The molecular formula is C14H28N4O2. The highest BCUT2D eigenvalue weighted by molar-refractivity contribution is 5.84. The van der Waals surface area contributed by atoms with Crippen molar-refractivity contribution in [3.05, 3.63) is 0 Å². The number of hydrogen-bond acceptors (Lipinski definition) is 4. The fraction of sp³-hybridized carbons (Fsp3) is 0.857. The standard InChI is InChI=1S/C14H28N4O2/c1-14(13(16)20,18-10-7-8-10)9-5-3-4-6-11(17-2)12(15)19/h10-11,17-18H,3-9H2,1-2H3,(H2,15,19)(H2,16,20). The van der Waals surface area contributed by atoms with Crippen LogP contribution in [0.2, 0.25) is 0 Å². The first kappa shape index (κ1) is 16.9. The molecule has 6 N–H and O–H groups in total. The number of carbonyl (C=O) groups is 2. The quantitative estimate of drug-likeness (QED) is 0.400. The first-order valence-corrected chi connectivity index (χ1v) is 7.43. The molecule has 1 saturated carbocycles. The third-order valence-electron chi connectivity index (χ3n) is 4.01. The molecule has 1 fully saturated rings. The summed E-state index contributed by atoms with van der Waals surface area (Å²) in [6, 6.07) is 0.193. The molecule has 2 atom stereocenters. The van der Waals surface area contributed by atoms with Gasteiger partial charge in [0.05, 0.1) is 11.6 Å². The van der Waals surface area contributed by atoms with Crippen LogP contribution in [-0.4, -0.2) is 36.5 Å². The summed E-state index contributed by atoms with van der Waals surface area (Å²) < 4.78 is 0. The van der Waals surface area contributed by atoms with Gasteiger partial charge in [0, 0.05) is 6.04 Å². The first-order chi connectivity index (χ1) is 9.39. The zero-order valence-corrected chi connectivity index (χ0v) is 12.6. The van der Waals surface area contributed by atoms with Crippen LogP contribution in [0.5, 0.6) is 0 Å². The second-order valence-electron chi connectivity index (χ2n) is 5.96. The van der Waals surface area contributed by atoms with Crippen LogP contribution in [0.15, 0.2) is 0 Å². The van der Waals surface area contributed by atoms with Crippen LogP contribution in [-0.2, 0) is 9.59 Å². The van der Waals surface area contributed by atoms with Crippen LogP contribution in [0.4, 0.5) is 0 Å². The number of unbranched alkanes of at least 4 members (excludes halogenated alkanes) is 2. The Morgan fingerprint density at radius 1 is 1.25 bits per heavy atom. The number of nitrogens with one attached hydrogen (secondary N) is 2. The summed E-state index contributed by atoms with van der Waals surface area (Å²) >= 11 is 0. The van der Waals surface area contributed by atoms with E-state index in [9.17, 15) is 9.59 Å². The number of rotatable bonds is 11. The minimum absolute atomic E-state index is 0.262. The molecule has 0 heterocycles. The predicted molar refractivity (Wildman–Crippen MR) is 78.9 cm³/mol. The molecule has 0 aromatic carbocycles. The highest BCUT2D eigenvalue weighted by Gasteiger charge is 2.36. The van der Waals surface area contributed by atoms with E-state index in [2.05, 4.69) is 10.6 Å². The molecule has 2 amide bonds. The van der Waals surface area contributed by atoms with Crippen LogP contribution < -0.4 is 22.1 Å². The smallest absolute Gasteiger partial charge is 0.237 e. The lowest BCUT2D eigenvalue weighted by Crippen LogP contribution is -2.53. The molecule has 0 spiro atoms. The van der Waals surface area contributed by atoms with E-state index in [0.717, 1.165) is 44.9 Å². The number of nitrogens with two attached hydrogens (primary N) is 2. The normalized spacial score (nSPS) is 19.3. The Bertz CT molecular complexity index is 344. The fourth-order valence-electron chi connectivity index (χ4n) is 2.38. The second-order valence-corrected chi connectivity index (χ2v) is 5.96. The van der Waals surface area contributed by atoms with Gasteiger partial charge >= 0.3 is 0 Å². The van der Waals surface area contributed by atoms with E-state index in [-0.39, 0.29) is 17.9 Å². The third-order valence-corrected chi connectivity index (χ3v) is 4.01. The van der Waals surface area contributed by atoms with Crippen molar-refractivity contribution in [1.82, 2.24) is 10.6 Å². The Hall–Kier alpha value is -1.14. The molecule has 0 bridgehead atoms. The average Bonchev–Trinajstić information content (AvgIpc) is 3.16. The van der Waals surface area contributed by atoms with E-state index in [1.165, 1.54) is 0 Å². The molecule has 1 aliphatic rings. The van der Waals surface area contributed by atoms with Crippen molar-refractivity contribution >= 4 is 11.8 Å². The third kappa shape index (κ3) is 5.46. The van der Waals surface area contributed by atoms with Crippen LogP contribution in [0, 0.1) is 0 Å². The molecule has 116 valence electrons. The number of likely N-dealkylation sites (N-methyl/N-ethyl adjacent to an activating group) is 1. The molecule has 6 heteroatoms. The number of amides is 2. The summed E-state index contributed by atoms with van der Waals surface area (Å²) in [5.41, 5.74) is 10.2. The molecular weight excluding hydrogens is 256 g/mol. The van der Waals surface area contributed by atoms with Gasteiger partial charge in [0.1, 0.15) is 0 Å². The Morgan fingerprint density at radius 3 is 2.35 bits per heavy atom. The van der Waals surface area contributed by atoms with Crippen LogP contribution >= 0.6 is 0 Å². The lowest BCUT2D eigenvalue weighted by molar-refractivity contribution is -0.124. The maximum absolute atomic E-state index is 11.6. The molecule has 6 nitrogen and oxygen atoms in total. The monoisotopic (exact) mass is 284 g/mol. The molecule has 20 heavy (non-hydrogen) atoms. The van der Waals surface area contributed by atoms with Gasteiger partial charge in [-0.15, -0.1) is 0 Å². The molecule has 2 unspecified atom stereocenters. The van der Waals surface area contributed by atoms with Crippen molar-refractivity contribution in [3.63, 3.8) is 0 Å². The maximum Gasteiger partial charge on any atom is 0.237 e. The SMILES string of the molecule is CNC(CCCCCC(C)(NC1CC1)C(N)=O)C(N)=O. The van der Waals surface area contributed by atoms with Gasteiger partial charge in [-0.25, -0.2) is 0 Å². The molecule has 0 aromatic rings. The summed E-state index contributed by atoms with van der Waals surface area (Å²) in [6.07, 6.45) is 6.51. The van der Waals surface area contributed by atoms with Crippen molar-refractivity contribution in [2.24, 2.45) is 11.5 Å². The lowest BCUT2D eigenvalue weighted by atomic mass is 9.92. The van der Waals surface area contributed by atoms with E-state index in [1.54, 1.807) is 7.05 Å². The molecule has 0 aromatic heterocycles. The summed E-state index contributed by atoms with van der Waals surface area (Å²) in [5, 5.41) is 6.24. The van der Waals surface area contributed by atoms with Gasteiger partial charge in [0.2, 0.25) is 11.8 Å². The lowest BCUT2D eigenvalue weighted by Gasteiger charge is -2.27. The van der Waals surface area contributed by atoms with Crippen molar-refractivity contribution in [2.45, 2.75) is 69.5 Å². The second kappa shape index (κ2) is 7.59. The number of primary amides is 2. The number of hydrogen-bond donors (Lipinski definition) is 4. The largest absolute Gasteiger partial charge is 0.368 e.